The SMILES string of the molecule is CC(OC(=O)c1ncccc1I)n1c(=O)[nH]cc(F)c1=O. The third kappa shape index (κ3) is 3.17. The van der Waals surface area contributed by atoms with Crippen LogP contribution in [-0.4, -0.2) is 20.5 Å². The highest BCUT2D eigenvalue weighted by Crippen LogP contribution is 2.13. The van der Waals surface area contributed by atoms with Gasteiger partial charge in [-0.2, -0.15) is 4.39 Å². The molecule has 2 aromatic rings. The maximum absolute atomic E-state index is 13.2. The lowest BCUT2D eigenvalue weighted by atomic mass is 10.3. The van der Waals surface area contributed by atoms with Gasteiger partial charge >= 0.3 is 11.7 Å². The van der Waals surface area contributed by atoms with E-state index in [1.807, 2.05) is 27.6 Å². The number of rotatable bonds is 3. The first-order valence-electron chi connectivity index (χ1n) is 5.73. The summed E-state index contributed by atoms with van der Waals surface area (Å²) in [6, 6.07) is 3.29. The second kappa shape index (κ2) is 6.16. The topological polar surface area (TPSA) is 94.0 Å². The van der Waals surface area contributed by atoms with E-state index in [2.05, 4.69) is 4.98 Å². The van der Waals surface area contributed by atoms with Crippen LogP contribution in [0, 0.1) is 9.39 Å². The highest BCUT2D eigenvalue weighted by atomic mass is 127. The molecule has 0 spiro atoms. The van der Waals surface area contributed by atoms with Gasteiger partial charge in [0.2, 0.25) is 5.82 Å². The van der Waals surface area contributed by atoms with Gasteiger partial charge in [0.15, 0.2) is 11.9 Å². The number of hydrogen-bond acceptors (Lipinski definition) is 5. The Hall–Kier alpha value is -2.04. The molecule has 1 unspecified atom stereocenters. The lowest BCUT2D eigenvalue weighted by Crippen LogP contribution is -2.40. The van der Waals surface area contributed by atoms with Crippen molar-refractivity contribution in [3.63, 3.8) is 0 Å². The summed E-state index contributed by atoms with van der Waals surface area (Å²) < 4.78 is 19.2. The van der Waals surface area contributed by atoms with Crippen LogP contribution in [0.3, 0.4) is 0 Å². The number of pyridine rings is 1. The molecule has 7 nitrogen and oxygen atoms in total. The molecule has 0 aliphatic rings. The molecule has 0 aliphatic carbocycles. The van der Waals surface area contributed by atoms with Gasteiger partial charge in [0, 0.05) is 16.0 Å². The molecular weight excluding hydrogens is 396 g/mol. The summed E-state index contributed by atoms with van der Waals surface area (Å²) in [5.41, 5.74) is -2.00. The third-order valence-electron chi connectivity index (χ3n) is 2.56. The average molecular weight is 405 g/mol. The van der Waals surface area contributed by atoms with Crippen LogP contribution in [0.1, 0.15) is 23.6 Å². The predicted octanol–water partition coefficient (Wildman–Crippen LogP) is 1.05. The molecule has 0 aliphatic heterocycles. The van der Waals surface area contributed by atoms with Crippen molar-refractivity contribution in [1.29, 1.82) is 0 Å². The molecule has 0 aromatic carbocycles. The van der Waals surface area contributed by atoms with Gasteiger partial charge in [-0.1, -0.05) is 0 Å². The van der Waals surface area contributed by atoms with E-state index in [1.165, 1.54) is 13.1 Å². The molecule has 2 heterocycles. The summed E-state index contributed by atoms with van der Waals surface area (Å²) in [6.07, 6.45) is 0.782. The van der Waals surface area contributed by atoms with E-state index in [-0.39, 0.29) is 5.69 Å². The van der Waals surface area contributed by atoms with E-state index in [1.54, 1.807) is 12.1 Å². The Bertz CT molecular complexity index is 802. The van der Waals surface area contributed by atoms with E-state index in [9.17, 15) is 18.8 Å². The summed E-state index contributed by atoms with van der Waals surface area (Å²) >= 11 is 1.90. The normalized spacial score (nSPS) is 12.0. The van der Waals surface area contributed by atoms with Crippen molar-refractivity contribution in [2.24, 2.45) is 0 Å². The fourth-order valence-electron chi connectivity index (χ4n) is 1.59. The van der Waals surface area contributed by atoms with Crippen molar-refractivity contribution in [2.75, 3.05) is 0 Å². The maximum Gasteiger partial charge on any atom is 0.359 e. The molecule has 21 heavy (non-hydrogen) atoms. The highest BCUT2D eigenvalue weighted by molar-refractivity contribution is 14.1. The van der Waals surface area contributed by atoms with Crippen LogP contribution < -0.4 is 11.2 Å². The Kier molecular flexibility index (Phi) is 4.50. The van der Waals surface area contributed by atoms with E-state index >= 15 is 0 Å². The first-order valence-corrected chi connectivity index (χ1v) is 6.81. The Morgan fingerprint density at radius 2 is 2.24 bits per heavy atom. The second-order valence-electron chi connectivity index (χ2n) is 3.96. The van der Waals surface area contributed by atoms with Gasteiger partial charge in [-0.05, 0) is 41.6 Å². The molecular formula is C12H9FIN3O4. The molecule has 0 bridgehead atoms. The maximum atomic E-state index is 13.2. The number of aromatic amines is 1. The molecule has 2 aromatic heterocycles. The summed E-state index contributed by atoms with van der Waals surface area (Å²) in [7, 11) is 0. The largest absolute Gasteiger partial charge is 0.436 e. The summed E-state index contributed by atoms with van der Waals surface area (Å²) in [4.78, 5) is 41.0. The Morgan fingerprint density at radius 3 is 2.90 bits per heavy atom. The molecule has 0 saturated carbocycles. The van der Waals surface area contributed by atoms with Gasteiger partial charge in [0.05, 0.1) is 0 Å². The molecule has 1 N–H and O–H groups in total. The van der Waals surface area contributed by atoms with E-state index in [0.717, 1.165) is 0 Å². The van der Waals surface area contributed by atoms with Crippen molar-refractivity contribution in [1.82, 2.24) is 14.5 Å². The molecule has 0 saturated heterocycles. The predicted molar refractivity (Wildman–Crippen MR) is 78.4 cm³/mol. The smallest absolute Gasteiger partial charge is 0.359 e. The number of halogens is 2. The molecule has 1 atom stereocenters. The van der Waals surface area contributed by atoms with Crippen LogP contribution in [0.5, 0.6) is 0 Å². The first kappa shape index (κ1) is 15.4. The Balaban J connectivity index is 2.31. The summed E-state index contributed by atoms with van der Waals surface area (Å²) in [5.74, 6) is -1.96. The number of carbonyl (C=O) groups excluding carboxylic acids is 1. The van der Waals surface area contributed by atoms with Crippen LogP contribution >= 0.6 is 22.6 Å². The number of hydrogen-bond donors (Lipinski definition) is 1. The van der Waals surface area contributed by atoms with Gasteiger partial charge in [-0.3, -0.25) is 4.79 Å². The standard InChI is InChI=1S/C12H9FIN3O4/c1-6(17-10(18)7(13)5-16-12(17)20)21-11(19)9-8(14)3-2-4-15-9/h2-6H,1H3,(H,16,20). The molecule has 110 valence electrons. The number of aromatic nitrogens is 3. The van der Waals surface area contributed by atoms with Crippen molar-refractivity contribution < 1.29 is 13.9 Å². The van der Waals surface area contributed by atoms with Crippen molar-refractivity contribution >= 4 is 28.6 Å². The van der Waals surface area contributed by atoms with Crippen LogP contribution in [0.4, 0.5) is 4.39 Å². The van der Waals surface area contributed by atoms with Crippen LogP contribution in [-0.2, 0) is 4.74 Å². The summed E-state index contributed by atoms with van der Waals surface area (Å²) in [6.45, 7) is 1.28. The minimum absolute atomic E-state index is 0.0471. The zero-order valence-corrected chi connectivity index (χ0v) is 12.8. The quantitative estimate of drug-likeness (QED) is 0.609. The van der Waals surface area contributed by atoms with Crippen LogP contribution in [0.25, 0.3) is 0 Å². The lowest BCUT2D eigenvalue weighted by Gasteiger charge is -2.14. The molecule has 0 radical (unpaired) electrons. The molecule has 9 heteroatoms. The lowest BCUT2D eigenvalue weighted by molar-refractivity contribution is 0.0120. The van der Waals surface area contributed by atoms with Gasteiger partial charge in [-0.25, -0.2) is 19.1 Å². The van der Waals surface area contributed by atoms with E-state index in [4.69, 9.17) is 4.74 Å². The first-order chi connectivity index (χ1) is 9.91. The van der Waals surface area contributed by atoms with Crippen LogP contribution in [0.2, 0.25) is 0 Å². The Morgan fingerprint density at radius 1 is 1.52 bits per heavy atom. The fourth-order valence-corrected chi connectivity index (χ4v) is 2.16. The highest BCUT2D eigenvalue weighted by Gasteiger charge is 2.20. The number of nitrogens with zero attached hydrogens (tertiary/aromatic N) is 2. The fraction of sp³-hybridized carbons (Fsp3) is 0.167. The average Bonchev–Trinajstić information content (AvgIpc) is 2.43. The minimum Gasteiger partial charge on any atom is -0.436 e. The number of nitrogens with one attached hydrogen (secondary N) is 1. The van der Waals surface area contributed by atoms with Crippen LogP contribution in [0.15, 0.2) is 34.1 Å². The Labute approximate surface area is 130 Å². The van der Waals surface area contributed by atoms with Crippen molar-refractivity contribution in [3.8, 4) is 0 Å². The molecule has 0 fully saturated rings. The molecule has 2 rings (SSSR count). The molecule has 0 amide bonds. The van der Waals surface area contributed by atoms with E-state index in [0.29, 0.717) is 14.3 Å². The van der Waals surface area contributed by atoms with E-state index < -0.39 is 29.3 Å². The number of esters is 1. The third-order valence-corrected chi connectivity index (χ3v) is 3.43. The van der Waals surface area contributed by atoms with Crippen molar-refractivity contribution in [2.45, 2.75) is 13.2 Å². The van der Waals surface area contributed by atoms with Gasteiger partial charge in [-0.15, -0.1) is 0 Å². The second-order valence-corrected chi connectivity index (χ2v) is 5.12. The van der Waals surface area contributed by atoms with Gasteiger partial charge in [0.1, 0.15) is 0 Å². The zero-order chi connectivity index (χ0) is 15.6. The minimum atomic E-state index is -1.28. The number of ether oxygens (including phenoxy) is 1. The monoisotopic (exact) mass is 405 g/mol. The van der Waals surface area contributed by atoms with Gasteiger partial charge < -0.3 is 9.72 Å². The summed E-state index contributed by atoms with van der Waals surface area (Å²) in [5, 5.41) is 0. The number of carbonyl (C=O) groups is 1. The van der Waals surface area contributed by atoms with Crippen molar-refractivity contribution in [3.05, 3.63) is 60.4 Å². The van der Waals surface area contributed by atoms with Gasteiger partial charge in [0.25, 0.3) is 5.56 Å². The number of H-pyrrole nitrogens is 1. The zero-order valence-electron chi connectivity index (χ0n) is 10.7.